The van der Waals surface area contributed by atoms with Crippen LogP contribution < -0.4 is 0 Å². The number of alkyl halides is 3. The predicted octanol–water partition coefficient (Wildman–Crippen LogP) is 4.50. The van der Waals surface area contributed by atoms with E-state index in [2.05, 4.69) is 6.58 Å². The lowest BCUT2D eigenvalue weighted by Crippen LogP contribution is -2.65. The Morgan fingerprint density at radius 2 is 1.73 bits per heavy atom. The van der Waals surface area contributed by atoms with Crippen molar-refractivity contribution in [3.63, 3.8) is 0 Å². The maximum absolute atomic E-state index is 13.7. The minimum Gasteiger partial charge on any atom is -0.455 e. The Labute approximate surface area is 129 Å². The van der Waals surface area contributed by atoms with E-state index in [1.807, 2.05) is 0 Å². The summed E-state index contributed by atoms with van der Waals surface area (Å²) in [5, 5.41) is 0. The SMILES string of the molecule is C=CC(=O)OC1(C(CC)C(F)(F)F)C2CC3CC(C2)CC1C3. The summed E-state index contributed by atoms with van der Waals surface area (Å²) in [6.07, 6.45) is 0.820. The molecule has 0 spiro atoms. The van der Waals surface area contributed by atoms with Crippen molar-refractivity contribution in [1.82, 2.24) is 0 Å². The van der Waals surface area contributed by atoms with Crippen LogP contribution in [0.25, 0.3) is 0 Å². The van der Waals surface area contributed by atoms with Crippen molar-refractivity contribution in [2.75, 3.05) is 0 Å². The van der Waals surface area contributed by atoms with Crippen LogP contribution in [0.1, 0.15) is 45.4 Å². The number of rotatable bonds is 4. The van der Waals surface area contributed by atoms with Crippen molar-refractivity contribution < 1.29 is 22.7 Å². The molecule has 0 heterocycles. The Morgan fingerprint density at radius 3 is 2.09 bits per heavy atom. The van der Waals surface area contributed by atoms with Crippen molar-refractivity contribution in [3.05, 3.63) is 12.7 Å². The van der Waals surface area contributed by atoms with Crippen molar-refractivity contribution in [3.8, 4) is 0 Å². The molecule has 0 aromatic rings. The Hall–Kier alpha value is -1.00. The van der Waals surface area contributed by atoms with Gasteiger partial charge >= 0.3 is 12.1 Å². The molecule has 4 aliphatic rings. The Morgan fingerprint density at radius 1 is 1.23 bits per heavy atom. The molecule has 4 aliphatic carbocycles. The van der Waals surface area contributed by atoms with Gasteiger partial charge in [0.2, 0.25) is 0 Å². The van der Waals surface area contributed by atoms with Crippen LogP contribution in [0, 0.1) is 29.6 Å². The smallest absolute Gasteiger partial charge is 0.395 e. The number of carbonyl (C=O) groups excluding carboxylic acids is 1. The highest BCUT2D eigenvalue weighted by atomic mass is 19.4. The standard InChI is InChI=1S/C17H23F3O2/c1-3-14(17(18,19)20)16(22-15(21)4-2)12-6-10-5-11(8-12)9-13(16)7-10/h4,10-14H,2-3,5-9H2,1H3. The number of hydrogen-bond donors (Lipinski definition) is 0. The van der Waals surface area contributed by atoms with Gasteiger partial charge in [-0.1, -0.05) is 13.5 Å². The number of carbonyl (C=O) groups is 1. The summed E-state index contributed by atoms with van der Waals surface area (Å²) >= 11 is 0. The highest BCUT2D eigenvalue weighted by molar-refractivity contribution is 5.81. The van der Waals surface area contributed by atoms with Gasteiger partial charge in [0.05, 0.1) is 5.92 Å². The van der Waals surface area contributed by atoms with Crippen LogP contribution in [0.5, 0.6) is 0 Å². The van der Waals surface area contributed by atoms with E-state index in [0.717, 1.165) is 38.2 Å². The number of ether oxygens (including phenoxy) is 1. The molecule has 1 unspecified atom stereocenters. The highest BCUT2D eigenvalue weighted by Crippen LogP contribution is 2.64. The molecular weight excluding hydrogens is 293 g/mol. The summed E-state index contributed by atoms with van der Waals surface area (Å²) in [5.41, 5.74) is -1.37. The van der Waals surface area contributed by atoms with E-state index < -0.39 is 23.7 Å². The van der Waals surface area contributed by atoms with Gasteiger partial charge in [-0.2, -0.15) is 13.2 Å². The molecule has 1 atom stereocenters. The molecule has 2 nitrogen and oxygen atoms in total. The topological polar surface area (TPSA) is 26.3 Å². The first-order chi connectivity index (χ1) is 10.3. The van der Waals surface area contributed by atoms with Gasteiger partial charge in [0, 0.05) is 17.9 Å². The van der Waals surface area contributed by atoms with Crippen LogP contribution in [0.15, 0.2) is 12.7 Å². The number of halogens is 3. The maximum Gasteiger partial charge on any atom is 0.395 e. The minimum atomic E-state index is -4.34. The Balaban J connectivity index is 2.03. The fraction of sp³-hybridized carbons (Fsp3) is 0.824. The first-order valence-corrected chi connectivity index (χ1v) is 8.23. The first kappa shape index (κ1) is 15.9. The molecule has 4 rings (SSSR count). The molecule has 0 amide bonds. The summed E-state index contributed by atoms with van der Waals surface area (Å²) in [4.78, 5) is 11.8. The van der Waals surface area contributed by atoms with Gasteiger partial charge in [-0.15, -0.1) is 0 Å². The highest BCUT2D eigenvalue weighted by Gasteiger charge is 2.67. The van der Waals surface area contributed by atoms with Crippen molar-refractivity contribution in [2.45, 2.75) is 57.2 Å². The fourth-order valence-electron chi connectivity index (χ4n) is 5.75. The zero-order valence-electron chi connectivity index (χ0n) is 12.9. The van der Waals surface area contributed by atoms with Gasteiger partial charge in [0.1, 0.15) is 5.60 Å². The van der Waals surface area contributed by atoms with Gasteiger partial charge in [0.25, 0.3) is 0 Å². The third-order valence-electron chi connectivity index (χ3n) is 6.21. The van der Waals surface area contributed by atoms with Crippen LogP contribution in [0.2, 0.25) is 0 Å². The van der Waals surface area contributed by atoms with Gasteiger partial charge in [-0.3, -0.25) is 0 Å². The summed E-state index contributed by atoms with van der Waals surface area (Å²) in [6, 6.07) is 0. The molecule has 0 N–H and O–H groups in total. The average molecular weight is 316 g/mol. The zero-order chi connectivity index (χ0) is 16.1. The van der Waals surface area contributed by atoms with Crippen LogP contribution >= 0.6 is 0 Å². The van der Waals surface area contributed by atoms with Crippen LogP contribution in [-0.4, -0.2) is 17.7 Å². The molecule has 22 heavy (non-hydrogen) atoms. The second-order valence-electron chi connectivity index (χ2n) is 7.29. The molecule has 0 aliphatic heterocycles. The lowest BCUT2D eigenvalue weighted by atomic mass is 9.47. The molecule has 124 valence electrons. The molecule has 4 bridgehead atoms. The van der Waals surface area contributed by atoms with E-state index >= 15 is 0 Å². The zero-order valence-corrected chi connectivity index (χ0v) is 12.9. The summed E-state index contributed by atoms with van der Waals surface area (Å²) in [5.74, 6) is -1.56. The van der Waals surface area contributed by atoms with Gasteiger partial charge in [-0.25, -0.2) is 4.79 Å². The number of hydrogen-bond acceptors (Lipinski definition) is 2. The average Bonchev–Trinajstić information content (AvgIpc) is 2.42. The number of esters is 1. The van der Waals surface area contributed by atoms with E-state index in [4.69, 9.17) is 4.74 Å². The lowest BCUT2D eigenvalue weighted by Gasteiger charge is -2.62. The largest absolute Gasteiger partial charge is 0.455 e. The van der Waals surface area contributed by atoms with E-state index in [0.29, 0.717) is 11.8 Å². The maximum atomic E-state index is 13.7. The molecule has 0 aromatic carbocycles. The molecule has 0 saturated heterocycles. The fourth-order valence-corrected chi connectivity index (χ4v) is 5.75. The summed E-state index contributed by atoms with van der Waals surface area (Å²) in [7, 11) is 0. The van der Waals surface area contributed by atoms with Gasteiger partial charge < -0.3 is 4.74 Å². The molecule has 0 radical (unpaired) electrons. The molecule has 4 fully saturated rings. The normalized spacial score (nSPS) is 41.3. The van der Waals surface area contributed by atoms with E-state index in [1.54, 1.807) is 6.92 Å². The monoisotopic (exact) mass is 316 g/mol. The third kappa shape index (κ3) is 2.28. The lowest BCUT2D eigenvalue weighted by molar-refractivity contribution is -0.289. The summed E-state index contributed by atoms with van der Waals surface area (Å²) < 4.78 is 46.7. The molecule has 0 aromatic heterocycles. The van der Waals surface area contributed by atoms with E-state index in [1.165, 1.54) is 0 Å². The summed E-state index contributed by atoms with van der Waals surface area (Å²) in [6.45, 7) is 4.91. The van der Waals surface area contributed by atoms with Crippen LogP contribution in [0.3, 0.4) is 0 Å². The van der Waals surface area contributed by atoms with Crippen LogP contribution in [-0.2, 0) is 9.53 Å². The van der Waals surface area contributed by atoms with Gasteiger partial charge in [-0.05, 0) is 50.4 Å². The van der Waals surface area contributed by atoms with Crippen LogP contribution in [0.4, 0.5) is 13.2 Å². The van der Waals surface area contributed by atoms with Crippen molar-refractivity contribution in [1.29, 1.82) is 0 Å². The molecule has 4 saturated carbocycles. The van der Waals surface area contributed by atoms with Gasteiger partial charge in [0.15, 0.2) is 0 Å². The van der Waals surface area contributed by atoms with E-state index in [-0.39, 0.29) is 18.3 Å². The third-order valence-corrected chi connectivity index (χ3v) is 6.21. The van der Waals surface area contributed by atoms with E-state index in [9.17, 15) is 18.0 Å². The molecule has 5 heteroatoms. The predicted molar refractivity (Wildman–Crippen MR) is 75.9 cm³/mol. The second-order valence-corrected chi connectivity index (χ2v) is 7.29. The molecular formula is C17H23F3O2. The Kier molecular flexibility index (Phi) is 3.81. The van der Waals surface area contributed by atoms with Crippen molar-refractivity contribution >= 4 is 5.97 Å². The minimum absolute atomic E-state index is 0.0454. The quantitative estimate of drug-likeness (QED) is 0.564. The Bertz CT molecular complexity index is 441. The van der Waals surface area contributed by atoms with Crippen molar-refractivity contribution in [2.24, 2.45) is 29.6 Å². The second kappa shape index (κ2) is 5.27. The first-order valence-electron chi connectivity index (χ1n) is 8.23.